The number of hydrogen-bond donors (Lipinski definition) is 1. The maximum absolute atomic E-state index is 11.6. The van der Waals surface area contributed by atoms with Crippen molar-refractivity contribution in [2.45, 2.75) is 19.7 Å². The van der Waals surface area contributed by atoms with E-state index in [4.69, 9.17) is 9.15 Å². The molecule has 0 aliphatic heterocycles. The second-order valence-electron chi connectivity index (χ2n) is 3.71. The van der Waals surface area contributed by atoms with Gasteiger partial charge in [-0.3, -0.25) is 4.79 Å². The smallest absolute Gasteiger partial charge is 0.390 e. The molecule has 0 aromatic carbocycles. The number of nitrogens with zero attached hydrogens (tertiary/aromatic N) is 2. The molecule has 2 rings (SSSR count). The summed E-state index contributed by atoms with van der Waals surface area (Å²) in [6.45, 7) is 0.366. The van der Waals surface area contributed by atoms with Crippen LogP contribution in [-0.2, 0) is 29.2 Å². The van der Waals surface area contributed by atoms with Gasteiger partial charge >= 0.3 is 5.76 Å². The van der Waals surface area contributed by atoms with Crippen LogP contribution in [0, 0.1) is 0 Å². The lowest BCUT2D eigenvalue weighted by Crippen LogP contribution is -2.30. The van der Waals surface area contributed by atoms with Crippen molar-refractivity contribution >= 4 is 17.2 Å². The third-order valence-corrected chi connectivity index (χ3v) is 3.13. The minimum absolute atomic E-state index is 0.0963. The molecule has 102 valence electrons. The molecule has 8 heteroatoms. The van der Waals surface area contributed by atoms with E-state index in [-0.39, 0.29) is 24.9 Å². The van der Waals surface area contributed by atoms with Gasteiger partial charge in [0, 0.05) is 12.0 Å². The first-order valence-electron chi connectivity index (χ1n) is 5.54. The summed E-state index contributed by atoms with van der Waals surface area (Å²) in [6.07, 6.45) is 0. The van der Waals surface area contributed by atoms with Gasteiger partial charge in [-0.15, -0.1) is 16.4 Å². The fourth-order valence-electron chi connectivity index (χ4n) is 1.42. The van der Waals surface area contributed by atoms with Crippen molar-refractivity contribution in [3.05, 3.63) is 38.8 Å². The molecule has 2 aromatic rings. The molecular weight excluding hydrogens is 270 g/mol. The molecule has 0 fully saturated rings. The number of rotatable bonds is 6. The Morgan fingerprint density at radius 3 is 3.16 bits per heavy atom. The molecule has 0 radical (unpaired) electrons. The molecule has 2 heterocycles. The molecule has 1 amide bonds. The molecule has 0 saturated heterocycles. The van der Waals surface area contributed by atoms with Gasteiger partial charge < -0.3 is 14.5 Å². The first-order valence-corrected chi connectivity index (χ1v) is 6.42. The minimum atomic E-state index is -0.668. The largest absolute Gasteiger partial charge is 0.437 e. The van der Waals surface area contributed by atoms with E-state index in [0.717, 1.165) is 9.56 Å². The number of hydrogen-bond acceptors (Lipinski definition) is 6. The van der Waals surface area contributed by atoms with Crippen molar-refractivity contribution in [2.24, 2.45) is 0 Å². The highest BCUT2D eigenvalue weighted by Gasteiger charge is 2.11. The van der Waals surface area contributed by atoms with Crippen LogP contribution in [0.3, 0.4) is 0 Å². The van der Waals surface area contributed by atoms with E-state index in [1.807, 2.05) is 17.5 Å². The highest BCUT2D eigenvalue weighted by atomic mass is 32.1. The predicted octanol–water partition coefficient (Wildman–Crippen LogP) is 0.361. The van der Waals surface area contributed by atoms with Crippen molar-refractivity contribution in [1.29, 1.82) is 0 Å². The van der Waals surface area contributed by atoms with Gasteiger partial charge in [0.2, 0.25) is 11.8 Å². The van der Waals surface area contributed by atoms with Crippen LogP contribution in [0.1, 0.15) is 10.8 Å². The van der Waals surface area contributed by atoms with Gasteiger partial charge in [0.1, 0.15) is 13.2 Å². The Morgan fingerprint density at radius 1 is 1.63 bits per heavy atom. The van der Waals surface area contributed by atoms with Gasteiger partial charge in [0.25, 0.3) is 0 Å². The van der Waals surface area contributed by atoms with Crippen molar-refractivity contribution in [3.8, 4) is 0 Å². The summed E-state index contributed by atoms with van der Waals surface area (Å²) in [7, 11) is 1.47. The zero-order chi connectivity index (χ0) is 13.7. The summed E-state index contributed by atoms with van der Waals surface area (Å²) in [5, 5.41) is 8.47. The van der Waals surface area contributed by atoms with Gasteiger partial charge in [-0.1, -0.05) is 6.07 Å². The normalized spacial score (nSPS) is 10.6. The minimum Gasteiger partial charge on any atom is -0.390 e. The Hall–Kier alpha value is -1.93. The zero-order valence-corrected chi connectivity index (χ0v) is 11.1. The number of carbonyl (C=O) groups is 1. The number of thiophene rings is 1. The van der Waals surface area contributed by atoms with E-state index in [0.29, 0.717) is 6.54 Å². The summed E-state index contributed by atoms with van der Waals surface area (Å²) in [4.78, 5) is 24.1. The summed E-state index contributed by atoms with van der Waals surface area (Å²) in [5.74, 6) is -0.815. The molecule has 0 aliphatic rings. The predicted molar refractivity (Wildman–Crippen MR) is 67.6 cm³/mol. The average molecular weight is 283 g/mol. The number of methoxy groups -OCH3 is 1. The molecule has 0 saturated carbocycles. The molecule has 19 heavy (non-hydrogen) atoms. The molecule has 0 bridgehead atoms. The first-order chi connectivity index (χ1) is 9.19. The van der Waals surface area contributed by atoms with E-state index >= 15 is 0 Å². The number of ether oxygens (including phenoxy) is 1. The number of nitrogens with one attached hydrogen (secondary N) is 1. The van der Waals surface area contributed by atoms with E-state index in [2.05, 4.69) is 10.4 Å². The molecule has 2 aromatic heterocycles. The third-order valence-electron chi connectivity index (χ3n) is 2.25. The third kappa shape index (κ3) is 3.76. The van der Waals surface area contributed by atoms with Gasteiger partial charge in [-0.05, 0) is 11.4 Å². The lowest BCUT2D eigenvalue weighted by atomic mass is 10.4. The van der Waals surface area contributed by atoms with Gasteiger partial charge in [-0.2, -0.15) is 4.68 Å². The SMILES string of the molecule is COCc1nn(CC(=O)NCc2cccs2)c(=O)o1. The van der Waals surface area contributed by atoms with Crippen LogP contribution in [0.5, 0.6) is 0 Å². The van der Waals surface area contributed by atoms with Gasteiger partial charge in [0.15, 0.2) is 0 Å². The topological polar surface area (TPSA) is 86.4 Å². The van der Waals surface area contributed by atoms with Gasteiger partial charge in [0.05, 0.1) is 6.54 Å². The first kappa shape index (κ1) is 13.5. The molecule has 7 nitrogen and oxygen atoms in total. The molecule has 1 N–H and O–H groups in total. The standard InChI is InChI=1S/C11H13N3O4S/c1-17-7-10-13-14(11(16)18-10)6-9(15)12-5-8-3-2-4-19-8/h2-4H,5-7H2,1H3,(H,12,15). The van der Waals surface area contributed by atoms with E-state index in [1.54, 1.807) is 11.3 Å². The van der Waals surface area contributed by atoms with E-state index in [9.17, 15) is 9.59 Å². The van der Waals surface area contributed by atoms with Gasteiger partial charge in [-0.25, -0.2) is 4.79 Å². The number of amides is 1. The lowest BCUT2D eigenvalue weighted by molar-refractivity contribution is -0.122. The molecule has 0 unspecified atom stereocenters. The quantitative estimate of drug-likeness (QED) is 0.827. The van der Waals surface area contributed by atoms with Crippen molar-refractivity contribution in [3.63, 3.8) is 0 Å². The molecule has 0 aliphatic carbocycles. The summed E-state index contributed by atoms with van der Waals surface area (Å²) in [5.41, 5.74) is 0. The fraction of sp³-hybridized carbons (Fsp3) is 0.364. The number of carbonyl (C=O) groups excluding carboxylic acids is 1. The Balaban J connectivity index is 1.89. The second kappa shape index (κ2) is 6.30. The Bertz CT molecular complexity index is 587. The second-order valence-corrected chi connectivity index (χ2v) is 4.74. The van der Waals surface area contributed by atoms with Crippen LogP contribution < -0.4 is 11.1 Å². The fourth-order valence-corrected chi connectivity index (χ4v) is 2.07. The Labute approximate surface area is 112 Å². The van der Waals surface area contributed by atoms with Crippen molar-refractivity contribution in [1.82, 2.24) is 15.1 Å². The number of aromatic nitrogens is 2. The highest BCUT2D eigenvalue weighted by Crippen LogP contribution is 2.07. The zero-order valence-electron chi connectivity index (χ0n) is 10.3. The van der Waals surface area contributed by atoms with Crippen LogP contribution in [0.4, 0.5) is 0 Å². The maximum Gasteiger partial charge on any atom is 0.437 e. The van der Waals surface area contributed by atoms with Crippen LogP contribution in [0.15, 0.2) is 26.7 Å². The summed E-state index contributed by atoms with van der Waals surface area (Å²) in [6, 6.07) is 3.83. The van der Waals surface area contributed by atoms with E-state index < -0.39 is 5.76 Å². The average Bonchev–Trinajstić information content (AvgIpc) is 2.98. The molecule has 0 atom stereocenters. The summed E-state index contributed by atoms with van der Waals surface area (Å²) >= 11 is 1.55. The maximum atomic E-state index is 11.6. The van der Waals surface area contributed by atoms with Crippen LogP contribution in [0.2, 0.25) is 0 Å². The van der Waals surface area contributed by atoms with Crippen LogP contribution in [-0.4, -0.2) is 22.8 Å². The lowest BCUT2D eigenvalue weighted by Gasteiger charge is -2.02. The Morgan fingerprint density at radius 2 is 2.47 bits per heavy atom. The molecule has 0 spiro atoms. The van der Waals surface area contributed by atoms with Crippen molar-refractivity contribution in [2.75, 3.05) is 7.11 Å². The van der Waals surface area contributed by atoms with Crippen molar-refractivity contribution < 1.29 is 13.9 Å². The van der Waals surface area contributed by atoms with Crippen LogP contribution in [0.25, 0.3) is 0 Å². The van der Waals surface area contributed by atoms with E-state index in [1.165, 1.54) is 7.11 Å². The Kier molecular flexibility index (Phi) is 4.48. The highest BCUT2D eigenvalue weighted by molar-refractivity contribution is 7.09. The summed E-state index contributed by atoms with van der Waals surface area (Å²) < 4.78 is 10.6. The van der Waals surface area contributed by atoms with Crippen LogP contribution >= 0.6 is 11.3 Å². The molecular formula is C11H13N3O4S. The monoisotopic (exact) mass is 283 g/mol.